The molecule has 1 aliphatic heterocycles. The first-order valence-corrected chi connectivity index (χ1v) is 6.94. The molecule has 112 valence electrons. The summed E-state index contributed by atoms with van der Waals surface area (Å²) >= 11 is 0. The van der Waals surface area contributed by atoms with Gasteiger partial charge in [-0.1, -0.05) is 6.07 Å². The minimum absolute atomic E-state index is 0.110. The van der Waals surface area contributed by atoms with Crippen molar-refractivity contribution in [3.8, 4) is 0 Å². The van der Waals surface area contributed by atoms with Crippen LogP contribution in [-0.4, -0.2) is 18.6 Å². The molecule has 1 heterocycles. The van der Waals surface area contributed by atoms with Crippen LogP contribution in [0.4, 0.5) is 18.9 Å². The van der Waals surface area contributed by atoms with E-state index in [4.69, 9.17) is 5.73 Å². The Morgan fingerprint density at radius 3 is 2.45 bits per heavy atom. The highest BCUT2D eigenvalue weighted by molar-refractivity contribution is 5.64. The minimum Gasteiger partial charge on any atom is -0.368 e. The standard InChI is InChI=1S/C15H21F3N2/c1-9(2)20-8-11(7-10(3)19)14-12(15(16,17)18)5-4-6-13(14)20/h4-6,9-11H,7-8,19H2,1-3H3. The monoisotopic (exact) mass is 286 g/mol. The van der Waals surface area contributed by atoms with Gasteiger partial charge in [0.1, 0.15) is 0 Å². The fourth-order valence-electron chi connectivity index (χ4n) is 3.04. The number of alkyl halides is 3. The van der Waals surface area contributed by atoms with Crippen molar-refractivity contribution >= 4 is 5.69 Å². The molecule has 1 aromatic carbocycles. The van der Waals surface area contributed by atoms with Gasteiger partial charge in [0.2, 0.25) is 0 Å². The number of hydrogen-bond donors (Lipinski definition) is 1. The highest BCUT2D eigenvalue weighted by Crippen LogP contribution is 2.46. The average molecular weight is 286 g/mol. The Labute approximate surface area is 117 Å². The van der Waals surface area contributed by atoms with Crippen molar-refractivity contribution in [3.63, 3.8) is 0 Å². The summed E-state index contributed by atoms with van der Waals surface area (Å²) in [6, 6.07) is 4.52. The van der Waals surface area contributed by atoms with E-state index >= 15 is 0 Å². The quantitative estimate of drug-likeness (QED) is 0.917. The van der Waals surface area contributed by atoms with Crippen molar-refractivity contribution in [3.05, 3.63) is 29.3 Å². The number of anilines is 1. The molecule has 0 spiro atoms. The number of benzene rings is 1. The van der Waals surface area contributed by atoms with E-state index in [0.717, 1.165) is 0 Å². The molecule has 2 atom stereocenters. The van der Waals surface area contributed by atoms with Gasteiger partial charge in [0.25, 0.3) is 0 Å². The summed E-state index contributed by atoms with van der Waals surface area (Å²) in [4.78, 5) is 2.04. The summed E-state index contributed by atoms with van der Waals surface area (Å²) in [5.74, 6) is -0.148. The van der Waals surface area contributed by atoms with Gasteiger partial charge in [0, 0.05) is 30.2 Å². The van der Waals surface area contributed by atoms with Crippen LogP contribution in [0.15, 0.2) is 18.2 Å². The van der Waals surface area contributed by atoms with Gasteiger partial charge in [0.15, 0.2) is 0 Å². The Balaban J connectivity index is 2.52. The number of nitrogens with zero attached hydrogens (tertiary/aromatic N) is 1. The van der Waals surface area contributed by atoms with Gasteiger partial charge in [-0.2, -0.15) is 13.2 Å². The molecule has 0 aromatic heterocycles. The van der Waals surface area contributed by atoms with E-state index in [1.165, 1.54) is 12.1 Å². The molecule has 0 radical (unpaired) electrons. The van der Waals surface area contributed by atoms with E-state index in [9.17, 15) is 13.2 Å². The van der Waals surface area contributed by atoms with Crippen molar-refractivity contribution in [1.82, 2.24) is 0 Å². The molecule has 0 saturated heterocycles. The van der Waals surface area contributed by atoms with Crippen LogP contribution in [0.3, 0.4) is 0 Å². The van der Waals surface area contributed by atoms with Gasteiger partial charge >= 0.3 is 6.18 Å². The molecule has 2 nitrogen and oxygen atoms in total. The second kappa shape index (κ2) is 5.28. The fourth-order valence-corrected chi connectivity index (χ4v) is 3.04. The fraction of sp³-hybridized carbons (Fsp3) is 0.600. The van der Waals surface area contributed by atoms with Gasteiger partial charge < -0.3 is 10.6 Å². The third-order valence-corrected chi connectivity index (χ3v) is 3.80. The van der Waals surface area contributed by atoms with Crippen molar-refractivity contribution in [1.29, 1.82) is 0 Å². The zero-order chi connectivity index (χ0) is 15.1. The molecule has 0 fully saturated rings. The van der Waals surface area contributed by atoms with Gasteiger partial charge in [-0.05, 0) is 44.9 Å². The van der Waals surface area contributed by atoms with Gasteiger partial charge in [0.05, 0.1) is 5.56 Å². The SMILES string of the molecule is CC(N)CC1CN(C(C)C)c2cccc(C(F)(F)F)c21. The predicted molar refractivity (Wildman–Crippen MR) is 74.9 cm³/mol. The first-order chi connectivity index (χ1) is 9.21. The number of hydrogen-bond acceptors (Lipinski definition) is 2. The van der Waals surface area contributed by atoms with Crippen LogP contribution in [-0.2, 0) is 6.18 Å². The molecule has 2 rings (SSSR count). The van der Waals surface area contributed by atoms with E-state index in [1.807, 2.05) is 25.7 Å². The number of nitrogens with two attached hydrogens (primary N) is 1. The van der Waals surface area contributed by atoms with Crippen molar-refractivity contribution in [2.45, 2.75) is 51.4 Å². The third kappa shape index (κ3) is 2.77. The lowest BCUT2D eigenvalue weighted by Crippen LogP contribution is -2.30. The van der Waals surface area contributed by atoms with Gasteiger partial charge in [-0.15, -0.1) is 0 Å². The second-order valence-corrected chi connectivity index (χ2v) is 5.89. The van der Waals surface area contributed by atoms with Crippen molar-refractivity contribution in [2.75, 3.05) is 11.4 Å². The maximum atomic E-state index is 13.2. The zero-order valence-electron chi connectivity index (χ0n) is 12.0. The lowest BCUT2D eigenvalue weighted by molar-refractivity contribution is -0.138. The van der Waals surface area contributed by atoms with Crippen LogP contribution in [0.25, 0.3) is 0 Å². The molecule has 5 heteroatoms. The molecule has 2 N–H and O–H groups in total. The van der Waals surface area contributed by atoms with E-state index in [-0.39, 0.29) is 18.0 Å². The summed E-state index contributed by atoms with van der Waals surface area (Å²) < 4.78 is 39.7. The van der Waals surface area contributed by atoms with E-state index < -0.39 is 11.7 Å². The average Bonchev–Trinajstić information content (AvgIpc) is 2.66. The summed E-state index contributed by atoms with van der Waals surface area (Å²) in [5, 5.41) is 0. The lowest BCUT2D eigenvalue weighted by atomic mass is 9.91. The van der Waals surface area contributed by atoms with Crippen molar-refractivity contribution in [2.24, 2.45) is 5.73 Å². The Bertz CT molecular complexity index is 480. The topological polar surface area (TPSA) is 29.3 Å². The molecule has 20 heavy (non-hydrogen) atoms. The maximum absolute atomic E-state index is 13.2. The Hall–Kier alpha value is -1.23. The molecule has 1 aromatic rings. The molecule has 1 aliphatic rings. The number of halogens is 3. The lowest BCUT2D eigenvalue weighted by Gasteiger charge is -2.24. The zero-order valence-corrected chi connectivity index (χ0v) is 12.0. The van der Waals surface area contributed by atoms with E-state index in [2.05, 4.69) is 0 Å². The predicted octanol–water partition coefficient (Wildman–Crippen LogP) is 3.75. The Kier molecular flexibility index (Phi) is 4.00. The first kappa shape index (κ1) is 15.2. The molecule has 0 bridgehead atoms. The minimum atomic E-state index is -4.31. The molecular weight excluding hydrogens is 265 g/mol. The van der Waals surface area contributed by atoms with Crippen LogP contribution in [0.1, 0.15) is 44.2 Å². The summed E-state index contributed by atoms with van der Waals surface area (Å²) in [7, 11) is 0. The highest BCUT2D eigenvalue weighted by atomic mass is 19.4. The highest BCUT2D eigenvalue weighted by Gasteiger charge is 2.41. The molecular formula is C15H21F3N2. The summed E-state index contributed by atoms with van der Waals surface area (Å²) in [6.45, 7) is 6.45. The largest absolute Gasteiger partial charge is 0.416 e. The van der Waals surface area contributed by atoms with Crippen LogP contribution in [0.2, 0.25) is 0 Å². The maximum Gasteiger partial charge on any atom is 0.416 e. The molecule has 0 aliphatic carbocycles. The van der Waals surface area contributed by atoms with Crippen molar-refractivity contribution < 1.29 is 13.2 Å². The second-order valence-electron chi connectivity index (χ2n) is 5.89. The number of fused-ring (bicyclic) bond motifs is 1. The number of rotatable bonds is 3. The van der Waals surface area contributed by atoms with E-state index in [1.54, 1.807) is 6.07 Å². The van der Waals surface area contributed by atoms with Crippen LogP contribution < -0.4 is 10.6 Å². The molecule has 0 saturated carbocycles. The molecule has 0 amide bonds. The normalized spacial score (nSPS) is 20.4. The Morgan fingerprint density at radius 1 is 1.30 bits per heavy atom. The van der Waals surface area contributed by atoms with Crippen LogP contribution in [0, 0.1) is 0 Å². The first-order valence-electron chi connectivity index (χ1n) is 6.94. The summed E-state index contributed by atoms with van der Waals surface area (Å²) in [6.07, 6.45) is -3.74. The van der Waals surface area contributed by atoms with Gasteiger partial charge in [-0.3, -0.25) is 0 Å². The van der Waals surface area contributed by atoms with Crippen LogP contribution >= 0.6 is 0 Å². The van der Waals surface area contributed by atoms with E-state index in [0.29, 0.717) is 24.2 Å². The third-order valence-electron chi connectivity index (χ3n) is 3.80. The summed E-state index contributed by atoms with van der Waals surface area (Å²) in [5.41, 5.74) is 6.43. The Morgan fingerprint density at radius 2 is 1.95 bits per heavy atom. The van der Waals surface area contributed by atoms with Gasteiger partial charge in [-0.25, -0.2) is 0 Å². The van der Waals surface area contributed by atoms with Crippen LogP contribution in [0.5, 0.6) is 0 Å². The smallest absolute Gasteiger partial charge is 0.368 e. The molecule has 2 unspecified atom stereocenters.